The molecular formula is C22H19FN2O4. The van der Waals surface area contributed by atoms with Gasteiger partial charge in [-0.1, -0.05) is 12.2 Å². The zero-order chi connectivity index (χ0) is 20.5. The molecule has 4 rings (SSSR count). The van der Waals surface area contributed by atoms with Crippen LogP contribution >= 0.6 is 0 Å². The van der Waals surface area contributed by atoms with Gasteiger partial charge in [0.15, 0.2) is 11.6 Å². The van der Waals surface area contributed by atoms with Crippen LogP contribution in [-0.2, 0) is 4.79 Å². The molecule has 1 heterocycles. The van der Waals surface area contributed by atoms with E-state index in [-0.39, 0.29) is 29.1 Å². The number of amides is 1. The Labute approximate surface area is 166 Å². The number of carboxylic acids is 1. The monoisotopic (exact) mass is 394 g/mol. The molecule has 0 saturated heterocycles. The van der Waals surface area contributed by atoms with Gasteiger partial charge < -0.3 is 9.84 Å². The summed E-state index contributed by atoms with van der Waals surface area (Å²) in [5.41, 5.74) is 1.81. The fourth-order valence-electron chi connectivity index (χ4n) is 3.81. The fourth-order valence-corrected chi connectivity index (χ4v) is 3.81. The van der Waals surface area contributed by atoms with Gasteiger partial charge in [-0.2, -0.15) is 5.10 Å². The summed E-state index contributed by atoms with van der Waals surface area (Å²) in [6.07, 6.45) is 5.21. The summed E-state index contributed by atoms with van der Waals surface area (Å²) >= 11 is 0. The molecule has 0 aromatic heterocycles. The number of anilines is 1. The Morgan fingerprint density at radius 3 is 2.45 bits per heavy atom. The zero-order valence-corrected chi connectivity index (χ0v) is 15.7. The minimum atomic E-state index is -1.04. The van der Waals surface area contributed by atoms with Gasteiger partial charge in [-0.15, -0.1) is 0 Å². The van der Waals surface area contributed by atoms with Crippen LogP contribution in [0.5, 0.6) is 5.75 Å². The maximum Gasteiger partial charge on any atom is 0.335 e. The molecule has 1 N–H and O–H groups in total. The number of fused-ring (bicyclic) bond motifs is 1. The molecule has 2 aromatic carbocycles. The van der Waals surface area contributed by atoms with Crippen LogP contribution in [0.25, 0.3) is 0 Å². The molecule has 2 aromatic rings. The van der Waals surface area contributed by atoms with E-state index in [1.165, 1.54) is 30.3 Å². The summed E-state index contributed by atoms with van der Waals surface area (Å²) in [4.78, 5) is 24.2. The number of hydrazone groups is 1. The number of aromatic carboxylic acids is 1. The Bertz CT molecular complexity index is 1030. The minimum Gasteiger partial charge on any atom is -0.494 e. The predicted molar refractivity (Wildman–Crippen MR) is 106 cm³/mol. The van der Waals surface area contributed by atoms with Crippen molar-refractivity contribution in [1.82, 2.24) is 0 Å². The van der Waals surface area contributed by atoms with Crippen molar-refractivity contribution in [3.63, 3.8) is 0 Å². The number of benzene rings is 2. The number of hydrogen-bond acceptors (Lipinski definition) is 4. The van der Waals surface area contributed by atoms with E-state index in [0.29, 0.717) is 29.8 Å². The molecule has 0 spiro atoms. The Kier molecular flexibility index (Phi) is 4.88. The lowest BCUT2D eigenvalue weighted by Gasteiger charge is -2.36. The molecule has 0 fully saturated rings. The van der Waals surface area contributed by atoms with Crippen molar-refractivity contribution in [3.05, 3.63) is 71.6 Å². The van der Waals surface area contributed by atoms with Gasteiger partial charge in [-0.25, -0.2) is 14.2 Å². The maximum absolute atomic E-state index is 14.3. The second-order valence-electron chi connectivity index (χ2n) is 6.99. The SMILES string of the molecule is COc1ccc(C2=NN(c3ccc(C(=O)O)cc3)C(=O)[C@@H]3CC=CC[C@H]23)cc1F. The molecule has 1 amide bonds. The Hall–Kier alpha value is -3.48. The van der Waals surface area contributed by atoms with E-state index >= 15 is 0 Å². The number of rotatable bonds is 4. The topological polar surface area (TPSA) is 79.2 Å². The van der Waals surface area contributed by atoms with E-state index in [4.69, 9.17) is 9.84 Å². The van der Waals surface area contributed by atoms with Gasteiger partial charge in [0.1, 0.15) is 0 Å². The normalized spacial score (nSPS) is 20.8. The highest BCUT2D eigenvalue weighted by atomic mass is 19.1. The second-order valence-corrected chi connectivity index (χ2v) is 6.99. The van der Waals surface area contributed by atoms with Crippen molar-refractivity contribution in [2.75, 3.05) is 12.1 Å². The van der Waals surface area contributed by atoms with E-state index in [2.05, 4.69) is 5.10 Å². The number of carbonyl (C=O) groups is 2. The molecule has 0 unspecified atom stereocenters. The maximum atomic E-state index is 14.3. The highest BCUT2D eigenvalue weighted by molar-refractivity contribution is 6.11. The van der Waals surface area contributed by atoms with Crippen molar-refractivity contribution < 1.29 is 23.8 Å². The van der Waals surface area contributed by atoms with Gasteiger partial charge in [0, 0.05) is 11.5 Å². The first-order chi connectivity index (χ1) is 14.0. The molecule has 6 nitrogen and oxygen atoms in total. The lowest BCUT2D eigenvalue weighted by Crippen LogP contribution is -2.45. The third-order valence-corrected chi connectivity index (χ3v) is 5.32. The van der Waals surface area contributed by atoms with Gasteiger partial charge in [0.05, 0.1) is 30.0 Å². The van der Waals surface area contributed by atoms with Crippen LogP contribution in [0, 0.1) is 17.7 Å². The van der Waals surface area contributed by atoms with Crippen LogP contribution in [0.2, 0.25) is 0 Å². The lowest BCUT2D eigenvalue weighted by atomic mass is 9.76. The summed E-state index contributed by atoms with van der Waals surface area (Å²) in [6.45, 7) is 0. The Morgan fingerprint density at radius 2 is 1.83 bits per heavy atom. The van der Waals surface area contributed by atoms with Gasteiger partial charge in [-0.3, -0.25) is 4.79 Å². The highest BCUT2D eigenvalue weighted by Gasteiger charge is 2.40. The van der Waals surface area contributed by atoms with Crippen LogP contribution in [0.1, 0.15) is 28.8 Å². The molecule has 7 heteroatoms. The number of carboxylic acid groups (broad SMARTS) is 1. The second kappa shape index (κ2) is 7.50. The predicted octanol–water partition coefficient (Wildman–Crippen LogP) is 3.87. The third kappa shape index (κ3) is 3.40. The molecule has 2 atom stereocenters. The van der Waals surface area contributed by atoms with Crippen LogP contribution in [-0.4, -0.2) is 29.8 Å². The summed E-state index contributed by atoms with van der Waals surface area (Å²) in [7, 11) is 1.40. The van der Waals surface area contributed by atoms with Crippen LogP contribution in [0.3, 0.4) is 0 Å². The standard InChI is InChI=1S/C22H19FN2O4/c1-29-19-11-8-14(12-18(19)23)20-16-4-2-3-5-17(16)21(26)25(24-20)15-9-6-13(7-10-15)22(27)28/h2-3,6-12,16-17H,4-5H2,1H3,(H,27,28)/t16-,17+/m0/s1. The summed E-state index contributed by atoms with van der Waals surface area (Å²) in [5, 5.41) is 15.0. The fraction of sp³-hybridized carbons (Fsp3) is 0.227. The quantitative estimate of drug-likeness (QED) is 0.799. The lowest BCUT2D eigenvalue weighted by molar-refractivity contribution is -0.123. The van der Waals surface area contributed by atoms with E-state index in [1.807, 2.05) is 12.2 Å². The molecular weight excluding hydrogens is 375 g/mol. The van der Waals surface area contributed by atoms with Crippen molar-refractivity contribution >= 4 is 23.3 Å². The van der Waals surface area contributed by atoms with Crippen LogP contribution in [0.15, 0.2) is 59.7 Å². The number of allylic oxidation sites excluding steroid dienone is 2. The van der Waals surface area contributed by atoms with Gasteiger partial charge >= 0.3 is 5.97 Å². The average Bonchev–Trinajstić information content (AvgIpc) is 2.74. The van der Waals surface area contributed by atoms with E-state index in [9.17, 15) is 14.0 Å². The zero-order valence-electron chi connectivity index (χ0n) is 15.7. The summed E-state index contributed by atoms with van der Waals surface area (Å²) < 4.78 is 19.3. The van der Waals surface area contributed by atoms with Gasteiger partial charge in [-0.05, 0) is 55.3 Å². The first kappa shape index (κ1) is 18.9. The molecule has 1 aliphatic heterocycles. The van der Waals surface area contributed by atoms with E-state index in [1.54, 1.807) is 24.3 Å². The highest BCUT2D eigenvalue weighted by Crippen LogP contribution is 2.37. The number of hydrogen-bond donors (Lipinski definition) is 1. The van der Waals surface area contributed by atoms with Crippen molar-refractivity contribution in [1.29, 1.82) is 0 Å². The number of methoxy groups -OCH3 is 1. The van der Waals surface area contributed by atoms with Crippen LogP contribution < -0.4 is 9.75 Å². The third-order valence-electron chi connectivity index (χ3n) is 5.32. The molecule has 2 aliphatic rings. The Balaban J connectivity index is 1.79. The molecule has 29 heavy (non-hydrogen) atoms. The molecule has 1 aliphatic carbocycles. The summed E-state index contributed by atoms with van der Waals surface area (Å²) in [5.74, 6) is -2.00. The molecule has 0 saturated carbocycles. The van der Waals surface area contributed by atoms with Gasteiger partial charge in [0.25, 0.3) is 5.91 Å². The number of halogens is 1. The number of ether oxygens (including phenoxy) is 1. The Morgan fingerprint density at radius 1 is 1.14 bits per heavy atom. The van der Waals surface area contributed by atoms with Gasteiger partial charge in [0.2, 0.25) is 0 Å². The minimum absolute atomic E-state index is 0.123. The first-order valence-corrected chi connectivity index (χ1v) is 9.24. The van der Waals surface area contributed by atoms with Crippen molar-refractivity contribution in [3.8, 4) is 5.75 Å². The van der Waals surface area contributed by atoms with Crippen molar-refractivity contribution in [2.24, 2.45) is 16.9 Å². The smallest absolute Gasteiger partial charge is 0.335 e. The number of carbonyl (C=O) groups excluding carboxylic acids is 1. The summed E-state index contributed by atoms with van der Waals surface area (Å²) in [6, 6.07) is 10.6. The van der Waals surface area contributed by atoms with E-state index in [0.717, 1.165) is 0 Å². The van der Waals surface area contributed by atoms with Crippen LogP contribution in [0.4, 0.5) is 10.1 Å². The average molecular weight is 394 g/mol. The van der Waals surface area contributed by atoms with E-state index < -0.39 is 11.8 Å². The first-order valence-electron chi connectivity index (χ1n) is 9.24. The largest absolute Gasteiger partial charge is 0.494 e. The molecule has 0 bridgehead atoms. The molecule has 148 valence electrons. The van der Waals surface area contributed by atoms with Crippen molar-refractivity contribution in [2.45, 2.75) is 12.8 Å². The number of nitrogens with zero attached hydrogens (tertiary/aromatic N) is 2. The molecule has 0 radical (unpaired) electrons.